The number of benzene rings is 1. The summed E-state index contributed by atoms with van der Waals surface area (Å²) >= 11 is 1.49. The van der Waals surface area contributed by atoms with Gasteiger partial charge in [0.1, 0.15) is 9.71 Å². The van der Waals surface area contributed by atoms with Crippen LogP contribution in [-0.4, -0.2) is 15.2 Å². The molecule has 0 saturated heterocycles. The zero-order valence-corrected chi connectivity index (χ0v) is 15.4. The van der Waals surface area contributed by atoms with E-state index in [1.54, 1.807) is 0 Å². The van der Waals surface area contributed by atoms with Crippen molar-refractivity contribution in [3.05, 3.63) is 46.6 Å². The van der Waals surface area contributed by atoms with Gasteiger partial charge in [0.2, 0.25) is 5.89 Å². The van der Waals surface area contributed by atoms with Crippen LogP contribution in [0.5, 0.6) is 0 Å². The topological polar surface area (TPSA) is 77.8 Å². The number of nitrogens with zero attached hydrogens (tertiary/aromatic N) is 3. The van der Waals surface area contributed by atoms with Crippen molar-refractivity contribution in [2.45, 2.75) is 27.7 Å². The third-order valence-electron chi connectivity index (χ3n) is 4.67. The van der Waals surface area contributed by atoms with Crippen LogP contribution in [0.25, 0.3) is 32.4 Å². The SMILES string of the molecule is Cc1ccccc1-c1nnc(-c2sc3nc(C)c(C)c(C)c3c2N)o1. The van der Waals surface area contributed by atoms with Gasteiger partial charge < -0.3 is 10.2 Å². The lowest BCUT2D eigenvalue weighted by Crippen LogP contribution is -1.93. The molecule has 25 heavy (non-hydrogen) atoms. The summed E-state index contributed by atoms with van der Waals surface area (Å²) in [5.41, 5.74) is 12.4. The van der Waals surface area contributed by atoms with Gasteiger partial charge in [0.05, 0.1) is 5.69 Å². The minimum atomic E-state index is 0.438. The number of rotatable bonds is 2. The summed E-state index contributed by atoms with van der Waals surface area (Å²) in [5.74, 6) is 0.940. The van der Waals surface area contributed by atoms with Crippen LogP contribution in [0.3, 0.4) is 0 Å². The first-order valence-corrected chi connectivity index (χ1v) is 8.84. The fourth-order valence-electron chi connectivity index (χ4n) is 2.96. The molecule has 5 nitrogen and oxygen atoms in total. The van der Waals surface area contributed by atoms with E-state index >= 15 is 0 Å². The average molecular weight is 350 g/mol. The second-order valence-corrected chi connectivity index (χ2v) is 7.20. The molecular weight excluding hydrogens is 332 g/mol. The molecule has 0 bridgehead atoms. The van der Waals surface area contributed by atoms with Gasteiger partial charge in [0, 0.05) is 16.6 Å². The van der Waals surface area contributed by atoms with E-state index in [-0.39, 0.29) is 0 Å². The number of aromatic nitrogens is 3. The number of nitrogens with two attached hydrogens (primary N) is 1. The Kier molecular flexibility index (Phi) is 3.58. The molecule has 4 rings (SSSR count). The fourth-order valence-corrected chi connectivity index (χ4v) is 4.09. The number of fused-ring (bicyclic) bond motifs is 1. The molecule has 0 saturated carbocycles. The minimum Gasteiger partial charge on any atom is -0.415 e. The Labute approximate surface area is 149 Å². The molecule has 0 fully saturated rings. The standard InChI is InChI=1S/C19H18N4OS/c1-9-7-5-6-8-13(9)17-22-23-18(24-17)16-15(20)14-11(3)10(2)12(4)21-19(14)25-16/h5-8H,20H2,1-4H3. The van der Waals surface area contributed by atoms with Gasteiger partial charge in [0.15, 0.2) is 0 Å². The van der Waals surface area contributed by atoms with Crippen LogP contribution in [0.1, 0.15) is 22.4 Å². The lowest BCUT2D eigenvalue weighted by atomic mass is 10.1. The Morgan fingerprint density at radius 3 is 2.44 bits per heavy atom. The number of aryl methyl sites for hydroxylation is 3. The van der Waals surface area contributed by atoms with Crippen LogP contribution < -0.4 is 5.73 Å². The number of anilines is 1. The summed E-state index contributed by atoms with van der Waals surface area (Å²) in [4.78, 5) is 6.36. The first-order valence-electron chi connectivity index (χ1n) is 8.03. The normalized spacial score (nSPS) is 11.4. The largest absolute Gasteiger partial charge is 0.415 e. The summed E-state index contributed by atoms with van der Waals surface area (Å²) < 4.78 is 5.93. The van der Waals surface area contributed by atoms with Crippen LogP contribution in [-0.2, 0) is 0 Å². The number of nitrogen functional groups attached to an aromatic ring is 1. The van der Waals surface area contributed by atoms with Gasteiger partial charge in [-0.15, -0.1) is 21.5 Å². The van der Waals surface area contributed by atoms with Crippen molar-refractivity contribution < 1.29 is 4.42 Å². The van der Waals surface area contributed by atoms with E-state index in [0.29, 0.717) is 17.5 Å². The molecule has 0 spiro atoms. The molecule has 0 aliphatic rings. The fraction of sp³-hybridized carbons (Fsp3) is 0.211. The lowest BCUT2D eigenvalue weighted by molar-refractivity contribution is 0.586. The number of hydrogen-bond acceptors (Lipinski definition) is 6. The Hall–Kier alpha value is -2.73. The van der Waals surface area contributed by atoms with Crippen molar-refractivity contribution in [2.75, 3.05) is 5.73 Å². The third kappa shape index (κ3) is 2.41. The third-order valence-corrected chi connectivity index (χ3v) is 5.76. The molecule has 0 atom stereocenters. The summed E-state index contributed by atoms with van der Waals surface area (Å²) in [6, 6.07) is 7.93. The summed E-state index contributed by atoms with van der Waals surface area (Å²) in [6.45, 7) is 8.18. The molecule has 0 radical (unpaired) electrons. The van der Waals surface area contributed by atoms with Gasteiger partial charge in [-0.2, -0.15) is 0 Å². The molecule has 1 aromatic carbocycles. The molecule has 6 heteroatoms. The monoisotopic (exact) mass is 350 g/mol. The van der Waals surface area contributed by atoms with Crippen LogP contribution in [0, 0.1) is 27.7 Å². The van der Waals surface area contributed by atoms with Gasteiger partial charge in [0.25, 0.3) is 5.89 Å². The zero-order chi connectivity index (χ0) is 17.7. The van der Waals surface area contributed by atoms with E-state index in [1.165, 1.54) is 11.3 Å². The molecule has 0 amide bonds. The smallest absolute Gasteiger partial charge is 0.260 e. The maximum Gasteiger partial charge on any atom is 0.260 e. The second-order valence-electron chi connectivity index (χ2n) is 6.20. The molecule has 0 unspecified atom stereocenters. The van der Waals surface area contributed by atoms with Gasteiger partial charge in [-0.05, 0) is 50.5 Å². The van der Waals surface area contributed by atoms with Gasteiger partial charge in [-0.3, -0.25) is 0 Å². The van der Waals surface area contributed by atoms with Crippen molar-refractivity contribution in [1.29, 1.82) is 0 Å². The maximum absolute atomic E-state index is 6.41. The molecule has 4 aromatic rings. The second kappa shape index (κ2) is 5.67. The highest BCUT2D eigenvalue weighted by atomic mass is 32.1. The van der Waals surface area contributed by atoms with Gasteiger partial charge >= 0.3 is 0 Å². The van der Waals surface area contributed by atoms with E-state index in [1.807, 2.05) is 38.1 Å². The van der Waals surface area contributed by atoms with Crippen molar-refractivity contribution in [3.63, 3.8) is 0 Å². The molecule has 2 N–H and O–H groups in total. The molecule has 126 valence electrons. The van der Waals surface area contributed by atoms with E-state index in [9.17, 15) is 0 Å². The highest BCUT2D eigenvalue weighted by Gasteiger charge is 2.21. The lowest BCUT2D eigenvalue weighted by Gasteiger charge is -2.05. The number of pyridine rings is 1. The van der Waals surface area contributed by atoms with E-state index in [2.05, 4.69) is 29.0 Å². The predicted octanol–water partition coefficient (Wildman–Crippen LogP) is 4.83. The van der Waals surface area contributed by atoms with E-state index < -0.39 is 0 Å². The van der Waals surface area contributed by atoms with Crippen molar-refractivity contribution in [3.8, 4) is 22.2 Å². The van der Waals surface area contributed by atoms with Crippen LogP contribution in [0.2, 0.25) is 0 Å². The van der Waals surface area contributed by atoms with E-state index in [4.69, 9.17) is 10.2 Å². The van der Waals surface area contributed by atoms with Crippen molar-refractivity contribution >= 4 is 27.2 Å². The highest BCUT2D eigenvalue weighted by molar-refractivity contribution is 7.22. The van der Waals surface area contributed by atoms with Crippen LogP contribution in [0.15, 0.2) is 28.7 Å². The molecule has 3 heterocycles. The van der Waals surface area contributed by atoms with Crippen molar-refractivity contribution in [1.82, 2.24) is 15.2 Å². The quantitative estimate of drug-likeness (QED) is 0.560. The Bertz CT molecular complexity index is 1110. The molecule has 3 aromatic heterocycles. The molecular formula is C19H18N4OS. The zero-order valence-electron chi connectivity index (χ0n) is 14.5. The number of hydrogen-bond donors (Lipinski definition) is 1. The number of thiophene rings is 1. The Balaban J connectivity index is 1.88. The average Bonchev–Trinajstić information content (AvgIpc) is 3.18. The molecule has 0 aliphatic carbocycles. The summed E-state index contributed by atoms with van der Waals surface area (Å²) in [6.07, 6.45) is 0. The van der Waals surface area contributed by atoms with Crippen molar-refractivity contribution in [2.24, 2.45) is 0 Å². The molecule has 0 aliphatic heterocycles. The van der Waals surface area contributed by atoms with Crippen LogP contribution in [0.4, 0.5) is 5.69 Å². The predicted molar refractivity (Wildman–Crippen MR) is 102 cm³/mol. The first kappa shape index (κ1) is 15.8. The maximum atomic E-state index is 6.41. The first-order chi connectivity index (χ1) is 12.0. The summed E-state index contributed by atoms with van der Waals surface area (Å²) in [7, 11) is 0. The summed E-state index contributed by atoms with van der Waals surface area (Å²) in [5, 5.41) is 9.41. The minimum absolute atomic E-state index is 0.438. The van der Waals surface area contributed by atoms with Gasteiger partial charge in [-0.25, -0.2) is 4.98 Å². The Morgan fingerprint density at radius 2 is 1.68 bits per heavy atom. The van der Waals surface area contributed by atoms with Gasteiger partial charge in [-0.1, -0.05) is 18.2 Å². The highest BCUT2D eigenvalue weighted by Crippen LogP contribution is 2.42. The van der Waals surface area contributed by atoms with E-state index in [0.717, 1.165) is 43.0 Å². The van der Waals surface area contributed by atoms with Crippen LogP contribution >= 0.6 is 11.3 Å². The Morgan fingerprint density at radius 1 is 0.960 bits per heavy atom.